The molecule has 0 amide bonds. The van der Waals surface area contributed by atoms with E-state index in [9.17, 15) is 9.59 Å². The number of rotatable bonds is 2. The molecule has 2 aromatic rings. The molecule has 0 aliphatic carbocycles. The van der Waals surface area contributed by atoms with Gasteiger partial charge in [-0.3, -0.25) is 9.59 Å². The van der Waals surface area contributed by atoms with Gasteiger partial charge in [0.25, 0.3) is 0 Å². The van der Waals surface area contributed by atoms with Crippen LogP contribution in [0.2, 0.25) is 15.1 Å². The fourth-order valence-electron chi connectivity index (χ4n) is 1.73. The molecule has 0 aliphatic heterocycles. The van der Waals surface area contributed by atoms with Gasteiger partial charge in [0.1, 0.15) is 0 Å². The predicted molar refractivity (Wildman–Crippen MR) is 97.4 cm³/mol. The van der Waals surface area contributed by atoms with Crippen molar-refractivity contribution in [2.45, 2.75) is 27.7 Å². The van der Waals surface area contributed by atoms with E-state index in [-0.39, 0.29) is 11.6 Å². The maximum Gasteiger partial charge on any atom is 0.161 e. The highest BCUT2D eigenvalue weighted by atomic mass is 35.5. The fourth-order valence-corrected chi connectivity index (χ4v) is 2.42. The lowest BCUT2D eigenvalue weighted by Gasteiger charge is -2.03. The minimum atomic E-state index is -0.0677. The van der Waals surface area contributed by atoms with Crippen molar-refractivity contribution in [3.8, 4) is 0 Å². The van der Waals surface area contributed by atoms with Gasteiger partial charge in [0.15, 0.2) is 11.6 Å². The SMILES string of the molecule is CC(=O)c1ccc(C)c(Cl)c1.CC(=O)c1ccc(C)c(Cl)c1Cl. The van der Waals surface area contributed by atoms with Gasteiger partial charge in [-0.15, -0.1) is 0 Å². The largest absolute Gasteiger partial charge is 0.295 e. The van der Waals surface area contributed by atoms with Crippen molar-refractivity contribution < 1.29 is 9.59 Å². The second-order valence-corrected chi connectivity index (χ2v) is 6.30. The molecule has 0 atom stereocenters. The Kier molecular flexibility index (Phi) is 7.27. The molecule has 0 saturated heterocycles. The molecule has 0 unspecified atom stereocenters. The summed E-state index contributed by atoms with van der Waals surface area (Å²) < 4.78 is 0. The lowest BCUT2D eigenvalue weighted by molar-refractivity contribution is 0.100. The van der Waals surface area contributed by atoms with Crippen LogP contribution < -0.4 is 0 Å². The van der Waals surface area contributed by atoms with Crippen LogP contribution in [0.1, 0.15) is 45.7 Å². The van der Waals surface area contributed by atoms with Crippen LogP contribution in [0.15, 0.2) is 30.3 Å². The highest BCUT2D eigenvalue weighted by molar-refractivity contribution is 6.44. The Balaban J connectivity index is 0.000000231. The van der Waals surface area contributed by atoms with E-state index in [1.807, 2.05) is 19.9 Å². The van der Waals surface area contributed by atoms with E-state index in [2.05, 4.69) is 0 Å². The Labute approximate surface area is 151 Å². The molecular weight excluding hydrogens is 355 g/mol. The first-order valence-corrected chi connectivity index (χ1v) is 8.01. The number of hydrogen-bond acceptors (Lipinski definition) is 2. The van der Waals surface area contributed by atoms with Crippen molar-refractivity contribution >= 4 is 46.4 Å². The van der Waals surface area contributed by atoms with Crippen LogP contribution in [0, 0.1) is 13.8 Å². The molecule has 0 saturated carbocycles. The van der Waals surface area contributed by atoms with E-state index in [1.54, 1.807) is 24.3 Å². The van der Waals surface area contributed by atoms with Gasteiger partial charge in [0.2, 0.25) is 0 Å². The number of carbonyl (C=O) groups is 2. The zero-order valence-corrected chi connectivity index (χ0v) is 15.6. The lowest BCUT2D eigenvalue weighted by Crippen LogP contribution is -1.94. The molecule has 2 rings (SSSR count). The van der Waals surface area contributed by atoms with Crippen LogP contribution in [-0.4, -0.2) is 11.6 Å². The van der Waals surface area contributed by atoms with E-state index in [0.717, 1.165) is 11.1 Å². The first kappa shape index (κ1) is 19.7. The number of benzene rings is 2. The van der Waals surface area contributed by atoms with E-state index < -0.39 is 0 Å². The Morgan fingerprint density at radius 1 is 0.783 bits per heavy atom. The van der Waals surface area contributed by atoms with Gasteiger partial charge in [-0.2, -0.15) is 0 Å². The van der Waals surface area contributed by atoms with Crippen molar-refractivity contribution in [3.63, 3.8) is 0 Å². The van der Waals surface area contributed by atoms with Gasteiger partial charge < -0.3 is 0 Å². The normalized spacial score (nSPS) is 9.87. The van der Waals surface area contributed by atoms with Crippen molar-refractivity contribution in [2.75, 3.05) is 0 Å². The van der Waals surface area contributed by atoms with Gasteiger partial charge in [-0.25, -0.2) is 0 Å². The molecular formula is C18H17Cl3O2. The molecule has 0 fully saturated rings. The Morgan fingerprint density at radius 3 is 1.83 bits per heavy atom. The summed E-state index contributed by atoms with van der Waals surface area (Å²) in [5.41, 5.74) is 3.02. The van der Waals surface area contributed by atoms with Crippen LogP contribution in [0.3, 0.4) is 0 Å². The first-order valence-electron chi connectivity index (χ1n) is 6.87. The average Bonchev–Trinajstić information content (AvgIpc) is 2.48. The minimum Gasteiger partial charge on any atom is -0.295 e. The van der Waals surface area contributed by atoms with Crippen LogP contribution in [0.4, 0.5) is 0 Å². The highest BCUT2D eigenvalue weighted by Gasteiger charge is 2.10. The summed E-state index contributed by atoms with van der Waals surface area (Å²) >= 11 is 17.5. The van der Waals surface area contributed by atoms with Crippen molar-refractivity contribution in [1.82, 2.24) is 0 Å². The Bertz CT molecular complexity index is 752. The van der Waals surface area contributed by atoms with Crippen LogP contribution >= 0.6 is 34.8 Å². The maximum atomic E-state index is 11.0. The molecule has 5 heteroatoms. The van der Waals surface area contributed by atoms with E-state index in [1.165, 1.54) is 13.8 Å². The summed E-state index contributed by atoms with van der Waals surface area (Å²) in [5, 5.41) is 1.46. The average molecular weight is 372 g/mol. The van der Waals surface area contributed by atoms with Crippen molar-refractivity contribution in [1.29, 1.82) is 0 Å². The summed E-state index contributed by atoms with van der Waals surface area (Å²) in [6.07, 6.45) is 0. The number of Topliss-reactive ketones (excluding diaryl/α,β-unsaturated/α-hetero) is 2. The summed E-state index contributed by atoms with van der Waals surface area (Å²) in [5.74, 6) is -0.0196. The Morgan fingerprint density at radius 2 is 1.35 bits per heavy atom. The van der Waals surface area contributed by atoms with Gasteiger partial charge in [0, 0.05) is 16.1 Å². The van der Waals surface area contributed by atoms with Crippen LogP contribution in [0.25, 0.3) is 0 Å². The predicted octanol–water partition coefficient (Wildman–Crippen LogP) is 6.36. The van der Waals surface area contributed by atoms with E-state index in [0.29, 0.717) is 26.2 Å². The highest BCUT2D eigenvalue weighted by Crippen LogP contribution is 2.29. The third kappa shape index (κ3) is 5.35. The second-order valence-electron chi connectivity index (χ2n) is 5.13. The molecule has 2 aromatic carbocycles. The fraction of sp³-hybridized carbons (Fsp3) is 0.222. The molecule has 122 valence electrons. The van der Waals surface area contributed by atoms with Crippen LogP contribution in [0.5, 0.6) is 0 Å². The zero-order chi connectivity index (χ0) is 17.7. The molecule has 0 radical (unpaired) electrons. The first-order chi connectivity index (χ1) is 10.6. The standard InChI is InChI=1S/C9H8Cl2O.C9H9ClO/c1-5-3-4-7(6(2)12)9(11)8(5)10;1-6-3-4-8(7(2)11)5-9(6)10/h3-4H,1-2H3;3-5H,1-2H3. The minimum absolute atomic E-state index is 0.0481. The van der Waals surface area contributed by atoms with Gasteiger partial charge in [0.05, 0.1) is 10.0 Å². The molecule has 0 aliphatic rings. The molecule has 0 heterocycles. The number of aryl methyl sites for hydroxylation is 2. The van der Waals surface area contributed by atoms with Gasteiger partial charge in [-0.1, -0.05) is 53.0 Å². The number of ketones is 2. The molecule has 0 bridgehead atoms. The number of halogens is 3. The third-order valence-corrected chi connectivity index (χ3v) is 4.62. The van der Waals surface area contributed by atoms with E-state index in [4.69, 9.17) is 34.8 Å². The molecule has 0 N–H and O–H groups in total. The monoisotopic (exact) mass is 370 g/mol. The lowest BCUT2D eigenvalue weighted by atomic mass is 10.1. The molecule has 2 nitrogen and oxygen atoms in total. The third-order valence-electron chi connectivity index (χ3n) is 3.23. The summed E-state index contributed by atoms with van der Waals surface area (Å²) in [4.78, 5) is 21.8. The zero-order valence-electron chi connectivity index (χ0n) is 13.3. The topological polar surface area (TPSA) is 34.1 Å². The summed E-state index contributed by atoms with van der Waals surface area (Å²) in [6, 6.07) is 8.79. The quantitative estimate of drug-likeness (QED) is 0.576. The second kappa shape index (κ2) is 8.49. The molecule has 23 heavy (non-hydrogen) atoms. The Hall–Kier alpha value is -1.35. The van der Waals surface area contributed by atoms with Crippen molar-refractivity contribution in [3.05, 3.63) is 67.7 Å². The van der Waals surface area contributed by atoms with Gasteiger partial charge >= 0.3 is 0 Å². The van der Waals surface area contributed by atoms with Crippen LogP contribution in [-0.2, 0) is 0 Å². The maximum absolute atomic E-state index is 11.0. The number of hydrogen-bond donors (Lipinski definition) is 0. The van der Waals surface area contributed by atoms with E-state index >= 15 is 0 Å². The smallest absolute Gasteiger partial charge is 0.161 e. The summed E-state index contributed by atoms with van der Waals surface area (Å²) in [6.45, 7) is 6.75. The van der Waals surface area contributed by atoms with Crippen molar-refractivity contribution in [2.24, 2.45) is 0 Å². The summed E-state index contributed by atoms with van der Waals surface area (Å²) in [7, 11) is 0. The molecule has 0 aromatic heterocycles. The van der Waals surface area contributed by atoms with Gasteiger partial charge in [-0.05, 0) is 51.0 Å². The molecule has 0 spiro atoms. The number of carbonyl (C=O) groups excluding carboxylic acids is 2.